The molecule has 0 fully saturated rings. The summed E-state index contributed by atoms with van der Waals surface area (Å²) < 4.78 is 4.46. The van der Waals surface area contributed by atoms with Crippen molar-refractivity contribution in [1.82, 2.24) is 0 Å². The van der Waals surface area contributed by atoms with E-state index in [9.17, 15) is 9.59 Å². The predicted molar refractivity (Wildman–Crippen MR) is 56.0 cm³/mol. The Balaban J connectivity index is 4.54. The van der Waals surface area contributed by atoms with Crippen LogP contribution in [0.4, 0.5) is 0 Å². The van der Waals surface area contributed by atoms with Crippen LogP contribution in [-0.4, -0.2) is 35.9 Å². The Hall–Kier alpha value is -1.39. The van der Waals surface area contributed by atoms with Gasteiger partial charge in [-0.15, -0.1) is 0 Å². The highest BCUT2D eigenvalue weighted by Crippen LogP contribution is 2.08. The number of carboxylic acids is 1. The van der Waals surface area contributed by atoms with Gasteiger partial charge in [0.15, 0.2) is 0 Å². The SMILES string of the molecule is COC(=O)CC(C)=N[C@@H](C(=O)O)C(C)C. The quantitative estimate of drug-likeness (QED) is 0.550. The van der Waals surface area contributed by atoms with Crippen LogP contribution in [0.2, 0.25) is 0 Å². The van der Waals surface area contributed by atoms with E-state index in [1.54, 1.807) is 20.8 Å². The Morgan fingerprint density at radius 2 is 1.93 bits per heavy atom. The Labute approximate surface area is 89.1 Å². The molecule has 0 rings (SSSR count). The fourth-order valence-electron chi connectivity index (χ4n) is 1.05. The molecule has 1 N–H and O–H groups in total. The van der Waals surface area contributed by atoms with Crippen LogP contribution in [0.3, 0.4) is 0 Å². The van der Waals surface area contributed by atoms with Crippen LogP contribution in [0.5, 0.6) is 0 Å². The molecule has 0 amide bonds. The second-order valence-electron chi connectivity index (χ2n) is 3.64. The molecule has 0 aliphatic rings. The standard InChI is InChI=1S/C10H17NO4/c1-6(2)9(10(13)14)11-7(3)5-8(12)15-4/h6,9H,5H2,1-4H3,(H,13,14)/t9-/m1/s1. The van der Waals surface area contributed by atoms with Gasteiger partial charge in [-0.2, -0.15) is 0 Å². The molecule has 0 bridgehead atoms. The number of methoxy groups -OCH3 is 1. The number of ether oxygens (including phenoxy) is 1. The van der Waals surface area contributed by atoms with Crippen molar-refractivity contribution in [3.8, 4) is 0 Å². The summed E-state index contributed by atoms with van der Waals surface area (Å²) >= 11 is 0. The van der Waals surface area contributed by atoms with Gasteiger partial charge in [-0.05, 0) is 12.8 Å². The summed E-state index contributed by atoms with van der Waals surface area (Å²) in [5, 5.41) is 8.86. The molecule has 0 heterocycles. The molecular weight excluding hydrogens is 198 g/mol. The maximum absolute atomic E-state index is 10.9. The van der Waals surface area contributed by atoms with Gasteiger partial charge in [0, 0.05) is 5.71 Å². The van der Waals surface area contributed by atoms with Crippen molar-refractivity contribution in [3.63, 3.8) is 0 Å². The van der Waals surface area contributed by atoms with E-state index in [1.165, 1.54) is 7.11 Å². The van der Waals surface area contributed by atoms with Gasteiger partial charge in [-0.3, -0.25) is 9.79 Å². The molecule has 0 saturated heterocycles. The van der Waals surface area contributed by atoms with Crippen LogP contribution in [0.15, 0.2) is 4.99 Å². The van der Waals surface area contributed by atoms with Crippen LogP contribution in [0, 0.1) is 5.92 Å². The molecular formula is C10H17NO4. The number of aliphatic imine (C=N–C) groups is 1. The third kappa shape index (κ3) is 5.15. The Bertz CT molecular complexity index is 271. The minimum atomic E-state index is -0.978. The molecule has 0 radical (unpaired) electrons. The average molecular weight is 215 g/mol. The smallest absolute Gasteiger partial charge is 0.328 e. The first-order valence-corrected chi connectivity index (χ1v) is 4.71. The van der Waals surface area contributed by atoms with Crippen LogP contribution in [0.25, 0.3) is 0 Å². The van der Waals surface area contributed by atoms with Gasteiger partial charge in [0.25, 0.3) is 0 Å². The monoisotopic (exact) mass is 215 g/mol. The minimum absolute atomic E-state index is 0.0347. The number of hydrogen-bond acceptors (Lipinski definition) is 4. The highest BCUT2D eigenvalue weighted by Gasteiger charge is 2.20. The van der Waals surface area contributed by atoms with Crippen molar-refractivity contribution < 1.29 is 19.4 Å². The average Bonchev–Trinajstić information content (AvgIpc) is 2.12. The molecule has 5 heteroatoms. The lowest BCUT2D eigenvalue weighted by atomic mass is 10.1. The number of esters is 1. The number of hydrogen-bond donors (Lipinski definition) is 1. The summed E-state index contributed by atoms with van der Waals surface area (Å²) in [4.78, 5) is 25.7. The third-order valence-electron chi connectivity index (χ3n) is 1.87. The molecule has 0 saturated carbocycles. The van der Waals surface area contributed by atoms with Gasteiger partial charge in [0.2, 0.25) is 0 Å². The van der Waals surface area contributed by atoms with Gasteiger partial charge in [0.05, 0.1) is 13.5 Å². The van der Waals surface area contributed by atoms with E-state index in [0.29, 0.717) is 5.71 Å². The number of aliphatic carboxylic acids is 1. The summed E-state index contributed by atoms with van der Waals surface area (Å²) in [6.07, 6.45) is 0.0347. The summed E-state index contributed by atoms with van der Waals surface area (Å²) in [5.41, 5.74) is 0.475. The van der Waals surface area contributed by atoms with E-state index in [1.807, 2.05) is 0 Å². The Kier molecular flexibility index (Phi) is 5.59. The summed E-state index contributed by atoms with van der Waals surface area (Å²) in [6, 6.07) is -0.797. The summed E-state index contributed by atoms with van der Waals surface area (Å²) in [7, 11) is 1.28. The zero-order valence-electron chi connectivity index (χ0n) is 9.48. The van der Waals surface area contributed by atoms with Gasteiger partial charge >= 0.3 is 11.9 Å². The van der Waals surface area contributed by atoms with Crippen molar-refractivity contribution in [2.24, 2.45) is 10.9 Å². The number of carboxylic acid groups (broad SMARTS) is 1. The minimum Gasteiger partial charge on any atom is -0.480 e. The first-order chi connectivity index (χ1) is 6.88. The molecule has 0 aromatic rings. The Morgan fingerprint density at radius 1 is 1.40 bits per heavy atom. The van der Waals surface area contributed by atoms with E-state index in [2.05, 4.69) is 9.73 Å². The van der Waals surface area contributed by atoms with Crippen molar-refractivity contribution >= 4 is 17.7 Å². The fraction of sp³-hybridized carbons (Fsp3) is 0.700. The van der Waals surface area contributed by atoms with Gasteiger partial charge in [-0.25, -0.2) is 4.79 Å². The lowest BCUT2D eigenvalue weighted by Gasteiger charge is -2.12. The van der Waals surface area contributed by atoms with Crippen molar-refractivity contribution in [2.45, 2.75) is 33.2 Å². The first-order valence-electron chi connectivity index (χ1n) is 4.71. The molecule has 0 aromatic carbocycles. The second-order valence-corrected chi connectivity index (χ2v) is 3.64. The highest BCUT2D eigenvalue weighted by molar-refractivity contribution is 5.98. The van der Waals surface area contributed by atoms with E-state index in [-0.39, 0.29) is 12.3 Å². The molecule has 86 valence electrons. The van der Waals surface area contributed by atoms with Crippen molar-refractivity contribution in [3.05, 3.63) is 0 Å². The van der Waals surface area contributed by atoms with Crippen LogP contribution in [-0.2, 0) is 14.3 Å². The maximum atomic E-state index is 10.9. The molecule has 0 spiro atoms. The molecule has 0 aliphatic carbocycles. The topological polar surface area (TPSA) is 76.0 Å². The molecule has 5 nitrogen and oxygen atoms in total. The van der Waals surface area contributed by atoms with E-state index in [0.717, 1.165) is 0 Å². The number of carbonyl (C=O) groups excluding carboxylic acids is 1. The Morgan fingerprint density at radius 3 is 2.27 bits per heavy atom. The molecule has 0 aromatic heterocycles. The molecule has 15 heavy (non-hydrogen) atoms. The first kappa shape index (κ1) is 13.6. The maximum Gasteiger partial charge on any atom is 0.328 e. The predicted octanol–water partition coefficient (Wildman–Crippen LogP) is 1.12. The zero-order valence-corrected chi connectivity index (χ0v) is 9.48. The highest BCUT2D eigenvalue weighted by atomic mass is 16.5. The molecule has 0 aliphatic heterocycles. The molecule has 0 unspecified atom stereocenters. The lowest BCUT2D eigenvalue weighted by molar-refractivity contribution is -0.140. The van der Waals surface area contributed by atoms with Gasteiger partial charge in [-0.1, -0.05) is 13.8 Å². The van der Waals surface area contributed by atoms with E-state index < -0.39 is 18.0 Å². The zero-order chi connectivity index (χ0) is 12.0. The summed E-state index contributed by atoms with van der Waals surface area (Å²) in [6.45, 7) is 5.16. The number of carbonyl (C=O) groups is 2. The third-order valence-corrected chi connectivity index (χ3v) is 1.87. The van der Waals surface area contributed by atoms with Crippen LogP contribution in [0.1, 0.15) is 27.2 Å². The number of rotatable bonds is 5. The van der Waals surface area contributed by atoms with E-state index >= 15 is 0 Å². The van der Waals surface area contributed by atoms with Crippen LogP contribution >= 0.6 is 0 Å². The number of nitrogens with zero attached hydrogens (tertiary/aromatic N) is 1. The van der Waals surface area contributed by atoms with Crippen molar-refractivity contribution in [2.75, 3.05) is 7.11 Å². The fourth-order valence-corrected chi connectivity index (χ4v) is 1.05. The molecule has 1 atom stereocenters. The van der Waals surface area contributed by atoms with Gasteiger partial charge in [0.1, 0.15) is 6.04 Å². The summed E-state index contributed by atoms with van der Waals surface area (Å²) in [5.74, 6) is -1.49. The largest absolute Gasteiger partial charge is 0.480 e. The van der Waals surface area contributed by atoms with Crippen LogP contribution < -0.4 is 0 Å². The normalized spacial score (nSPS) is 13.8. The lowest BCUT2D eigenvalue weighted by Crippen LogP contribution is -2.25. The van der Waals surface area contributed by atoms with E-state index in [4.69, 9.17) is 5.11 Å². The second kappa shape index (κ2) is 6.16. The van der Waals surface area contributed by atoms with Crippen molar-refractivity contribution in [1.29, 1.82) is 0 Å². The van der Waals surface area contributed by atoms with Gasteiger partial charge < -0.3 is 9.84 Å².